The van der Waals surface area contributed by atoms with Crippen molar-refractivity contribution in [2.75, 3.05) is 20.8 Å². The minimum Gasteiger partial charge on any atom is -0.493 e. The average Bonchev–Trinajstić information content (AvgIpc) is 2.66. The molecule has 8 heteroatoms. The molecule has 0 saturated carbocycles. The zero-order chi connectivity index (χ0) is 18.9. The molecule has 2 aromatic carbocycles. The number of nitrogens with one attached hydrogen (secondary N) is 2. The smallest absolute Gasteiger partial charge is 0.259 e. The predicted octanol–water partition coefficient (Wildman–Crippen LogP) is 2.24. The van der Waals surface area contributed by atoms with E-state index in [1.54, 1.807) is 49.6 Å². The highest BCUT2D eigenvalue weighted by Crippen LogP contribution is 2.26. The molecule has 2 amide bonds. The Kier molecular flexibility index (Phi) is 6.99. The quantitative estimate of drug-likeness (QED) is 0.573. The topological polar surface area (TPSA) is 89.0 Å². The van der Waals surface area contributed by atoms with Crippen LogP contribution in [0.25, 0.3) is 0 Å². The molecular formula is C18H18ClN3O4. The monoisotopic (exact) mass is 375 g/mol. The van der Waals surface area contributed by atoms with E-state index in [2.05, 4.69) is 15.8 Å². The highest BCUT2D eigenvalue weighted by atomic mass is 35.5. The van der Waals surface area contributed by atoms with E-state index in [4.69, 9.17) is 21.1 Å². The minimum absolute atomic E-state index is 0.204. The second-order valence-electron chi connectivity index (χ2n) is 5.10. The molecule has 0 aliphatic rings. The molecule has 0 aliphatic carbocycles. The van der Waals surface area contributed by atoms with Crippen molar-refractivity contribution in [2.45, 2.75) is 0 Å². The van der Waals surface area contributed by atoms with Gasteiger partial charge in [-0.05, 0) is 48.0 Å². The molecule has 0 unspecified atom stereocenters. The summed E-state index contributed by atoms with van der Waals surface area (Å²) in [5, 5.41) is 6.87. The zero-order valence-corrected chi connectivity index (χ0v) is 15.0. The van der Waals surface area contributed by atoms with E-state index in [1.807, 2.05) is 0 Å². The number of amides is 2. The van der Waals surface area contributed by atoms with Crippen LogP contribution in [0.2, 0.25) is 5.02 Å². The molecule has 2 aromatic rings. The van der Waals surface area contributed by atoms with E-state index in [9.17, 15) is 9.59 Å². The van der Waals surface area contributed by atoms with Crippen LogP contribution in [0.15, 0.2) is 47.6 Å². The number of benzene rings is 2. The number of halogens is 1. The van der Waals surface area contributed by atoms with E-state index in [0.29, 0.717) is 27.6 Å². The van der Waals surface area contributed by atoms with Crippen molar-refractivity contribution < 1.29 is 19.1 Å². The van der Waals surface area contributed by atoms with Crippen LogP contribution in [0.5, 0.6) is 11.5 Å². The lowest BCUT2D eigenvalue weighted by atomic mass is 10.2. The fourth-order valence-corrected chi connectivity index (χ4v) is 2.14. The summed E-state index contributed by atoms with van der Waals surface area (Å²) < 4.78 is 10.3. The first kappa shape index (κ1) is 19.3. The Hall–Kier alpha value is -3.06. The number of carbonyl (C=O) groups excluding carboxylic acids is 2. The van der Waals surface area contributed by atoms with Crippen molar-refractivity contribution >= 4 is 29.6 Å². The fourth-order valence-electron chi connectivity index (χ4n) is 2.02. The Morgan fingerprint density at radius 3 is 2.42 bits per heavy atom. The van der Waals surface area contributed by atoms with Gasteiger partial charge in [-0.2, -0.15) is 5.10 Å². The van der Waals surface area contributed by atoms with Gasteiger partial charge in [-0.15, -0.1) is 0 Å². The summed E-state index contributed by atoms with van der Waals surface area (Å²) in [6.45, 7) is -0.204. The first-order valence-electron chi connectivity index (χ1n) is 7.61. The molecule has 2 rings (SSSR count). The van der Waals surface area contributed by atoms with Crippen molar-refractivity contribution in [1.82, 2.24) is 10.7 Å². The minimum atomic E-state index is -0.455. The van der Waals surface area contributed by atoms with Gasteiger partial charge in [-0.3, -0.25) is 9.59 Å². The van der Waals surface area contributed by atoms with E-state index >= 15 is 0 Å². The van der Waals surface area contributed by atoms with Gasteiger partial charge in [0.1, 0.15) is 0 Å². The van der Waals surface area contributed by atoms with E-state index in [1.165, 1.54) is 13.3 Å². The van der Waals surface area contributed by atoms with Gasteiger partial charge in [-0.25, -0.2) is 5.43 Å². The van der Waals surface area contributed by atoms with E-state index < -0.39 is 5.91 Å². The molecule has 0 bridgehead atoms. The molecular weight excluding hydrogens is 358 g/mol. The van der Waals surface area contributed by atoms with Gasteiger partial charge in [0.2, 0.25) is 0 Å². The largest absolute Gasteiger partial charge is 0.493 e. The van der Waals surface area contributed by atoms with Crippen LogP contribution in [0, 0.1) is 0 Å². The lowest BCUT2D eigenvalue weighted by molar-refractivity contribution is -0.120. The third kappa shape index (κ3) is 5.49. The van der Waals surface area contributed by atoms with Gasteiger partial charge in [-0.1, -0.05) is 11.6 Å². The van der Waals surface area contributed by atoms with Crippen LogP contribution in [-0.4, -0.2) is 38.8 Å². The molecule has 0 fully saturated rings. The summed E-state index contributed by atoms with van der Waals surface area (Å²) in [6.07, 6.45) is 1.46. The molecule has 0 spiro atoms. The normalized spacial score (nSPS) is 10.4. The molecule has 0 radical (unpaired) electrons. The van der Waals surface area contributed by atoms with Crippen molar-refractivity contribution in [2.24, 2.45) is 5.10 Å². The summed E-state index contributed by atoms with van der Waals surface area (Å²) in [7, 11) is 3.08. The number of methoxy groups -OCH3 is 2. The number of hydrazone groups is 1. The second-order valence-corrected chi connectivity index (χ2v) is 5.53. The van der Waals surface area contributed by atoms with Crippen LogP contribution < -0.4 is 20.2 Å². The highest BCUT2D eigenvalue weighted by Gasteiger charge is 2.07. The van der Waals surface area contributed by atoms with Gasteiger partial charge in [0.05, 0.1) is 27.0 Å². The van der Waals surface area contributed by atoms with Gasteiger partial charge < -0.3 is 14.8 Å². The molecule has 0 heterocycles. The SMILES string of the molecule is COc1ccc(C=NNC(=O)CNC(=O)c2ccc(Cl)cc2)cc1OC. The zero-order valence-electron chi connectivity index (χ0n) is 14.3. The maximum atomic E-state index is 11.9. The van der Waals surface area contributed by atoms with Crippen molar-refractivity contribution in [3.63, 3.8) is 0 Å². The Morgan fingerprint density at radius 1 is 1.08 bits per heavy atom. The Morgan fingerprint density at radius 2 is 1.77 bits per heavy atom. The Bertz CT molecular complexity index is 807. The van der Waals surface area contributed by atoms with Crippen molar-refractivity contribution in [1.29, 1.82) is 0 Å². The number of hydrogen-bond acceptors (Lipinski definition) is 5. The van der Waals surface area contributed by atoms with Crippen LogP contribution in [-0.2, 0) is 4.79 Å². The first-order chi connectivity index (χ1) is 12.5. The van der Waals surface area contributed by atoms with Crippen molar-refractivity contribution in [3.05, 3.63) is 58.6 Å². The maximum Gasteiger partial charge on any atom is 0.259 e. The van der Waals surface area contributed by atoms with Crippen LogP contribution in [0.3, 0.4) is 0 Å². The van der Waals surface area contributed by atoms with Gasteiger partial charge in [0.25, 0.3) is 11.8 Å². The second kappa shape index (κ2) is 9.43. The van der Waals surface area contributed by atoms with E-state index in [-0.39, 0.29) is 12.5 Å². The van der Waals surface area contributed by atoms with Crippen LogP contribution >= 0.6 is 11.6 Å². The third-order valence-corrected chi connectivity index (χ3v) is 3.58. The standard InChI is InChI=1S/C18H18ClN3O4/c1-25-15-8-3-12(9-16(15)26-2)10-21-22-17(23)11-20-18(24)13-4-6-14(19)7-5-13/h3-10H,11H2,1-2H3,(H,20,24)(H,22,23). The summed E-state index contributed by atoms with van der Waals surface area (Å²) in [5.41, 5.74) is 3.46. The molecule has 7 nitrogen and oxygen atoms in total. The van der Waals surface area contributed by atoms with Crippen LogP contribution in [0.1, 0.15) is 15.9 Å². The summed E-state index contributed by atoms with van der Waals surface area (Å²) >= 11 is 5.76. The van der Waals surface area contributed by atoms with Crippen LogP contribution in [0.4, 0.5) is 0 Å². The fraction of sp³-hybridized carbons (Fsp3) is 0.167. The predicted molar refractivity (Wildman–Crippen MR) is 99.1 cm³/mol. The molecule has 0 atom stereocenters. The molecule has 26 heavy (non-hydrogen) atoms. The van der Waals surface area contributed by atoms with Gasteiger partial charge in [0, 0.05) is 10.6 Å². The molecule has 0 aromatic heterocycles. The summed E-state index contributed by atoms with van der Waals surface area (Å²) in [6, 6.07) is 11.6. The molecule has 0 aliphatic heterocycles. The molecule has 136 valence electrons. The van der Waals surface area contributed by atoms with Gasteiger partial charge in [0.15, 0.2) is 11.5 Å². The Labute approximate surface area is 155 Å². The number of rotatable bonds is 7. The van der Waals surface area contributed by atoms with Crippen molar-refractivity contribution in [3.8, 4) is 11.5 Å². The maximum absolute atomic E-state index is 11.9. The third-order valence-electron chi connectivity index (χ3n) is 3.33. The van der Waals surface area contributed by atoms with E-state index in [0.717, 1.165) is 0 Å². The Balaban J connectivity index is 1.83. The number of carbonyl (C=O) groups is 2. The average molecular weight is 376 g/mol. The number of ether oxygens (including phenoxy) is 2. The number of nitrogens with zero attached hydrogens (tertiary/aromatic N) is 1. The molecule has 2 N–H and O–H groups in total. The molecule has 0 saturated heterocycles. The lowest BCUT2D eigenvalue weighted by Gasteiger charge is -2.07. The van der Waals surface area contributed by atoms with Gasteiger partial charge >= 0.3 is 0 Å². The first-order valence-corrected chi connectivity index (χ1v) is 7.99. The lowest BCUT2D eigenvalue weighted by Crippen LogP contribution is -2.34. The summed E-state index contributed by atoms with van der Waals surface area (Å²) in [5.74, 6) is 0.321. The number of hydrogen-bond donors (Lipinski definition) is 2. The summed E-state index contributed by atoms with van der Waals surface area (Å²) in [4.78, 5) is 23.6. The highest BCUT2D eigenvalue weighted by molar-refractivity contribution is 6.30.